The number of rotatable bonds is 4. The second-order valence-electron chi connectivity index (χ2n) is 7.39. The van der Waals surface area contributed by atoms with E-state index in [0.717, 1.165) is 19.0 Å². The molecule has 0 bridgehead atoms. The topological polar surface area (TPSA) is 36.9 Å². The second kappa shape index (κ2) is 9.76. The number of benzene rings is 1. The molecule has 1 saturated heterocycles. The lowest BCUT2D eigenvalue weighted by molar-refractivity contribution is 0.185. The van der Waals surface area contributed by atoms with Crippen LogP contribution in [0, 0.1) is 5.41 Å². The number of methoxy groups -OCH3 is 1. The minimum absolute atomic E-state index is 0. The van der Waals surface area contributed by atoms with E-state index < -0.39 is 0 Å². The summed E-state index contributed by atoms with van der Waals surface area (Å²) in [5.74, 6) is 1.05. The molecule has 0 aromatic heterocycles. The van der Waals surface area contributed by atoms with Gasteiger partial charge in [0.1, 0.15) is 0 Å². The fraction of sp³-hybridized carbons (Fsp3) is 0.650. The molecular weight excluding hydrogens is 425 g/mol. The maximum atomic E-state index is 5.22. The van der Waals surface area contributed by atoms with Gasteiger partial charge < -0.3 is 15.0 Å². The first kappa shape index (κ1) is 20.5. The van der Waals surface area contributed by atoms with Crippen LogP contribution in [0.2, 0.25) is 0 Å². The first-order valence-corrected chi connectivity index (χ1v) is 9.27. The maximum Gasteiger partial charge on any atom is 0.193 e. The third-order valence-electron chi connectivity index (χ3n) is 5.62. The summed E-state index contributed by atoms with van der Waals surface area (Å²) in [7, 11) is 3.64. The molecule has 1 spiro atoms. The number of hydrogen-bond donors (Lipinski definition) is 1. The Morgan fingerprint density at radius 1 is 1.20 bits per heavy atom. The molecule has 1 aromatic rings. The first-order chi connectivity index (χ1) is 11.7. The molecule has 2 aliphatic rings. The van der Waals surface area contributed by atoms with Gasteiger partial charge in [0.25, 0.3) is 0 Å². The van der Waals surface area contributed by atoms with Crippen molar-refractivity contribution in [2.24, 2.45) is 10.4 Å². The van der Waals surface area contributed by atoms with E-state index in [9.17, 15) is 0 Å². The summed E-state index contributed by atoms with van der Waals surface area (Å²) in [4.78, 5) is 6.99. The number of likely N-dealkylation sites (tertiary alicyclic amines) is 1. The highest BCUT2D eigenvalue weighted by Gasteiger charge is 2.39. The molecule has 5 heteroatoms. The van der Waals surface area contributed by atoms with E-state index in [1.807, 2.05) is 7.05 Å². The van der Waals surface area contributed by atoms with E-state index >= 15 is 0 Å². The molecule has 1 aliphatic heterocycles. The molecule has 1 N–H and O–H groups in total. The predicted molar refractivity (Wildman–Crippen MR) is 114 cm³/mol. The average Bonchev–Trinajstić information content (AvgIpc) is 3.00. The summed E-state index contributed by atoms with van der Waals surface area (Å²) >= 11 is 0. The summed E-state index contributed by atoms with van der Waals surface area (Å²) in [6.07, 6.45) is 8.38. The maximum absolute atomic E-state index is 5.22. The molecular formula is C20H32IN3O. The van der Waals surface area contributed by atoms with Crippen LogP contribution in [0.1, 0.15) is 49.7 Å². The Morgan fingerprint density at radius 2 is 1.96 bits per heavy atom. The summed E-state index contributed by atoms with van der Waals surface area (Å²) in [5.41, 5.74) is 3.06. The molecule has 2 fully saturated rings. The fourth-order valence-electron chi connectivity index (χ4n) is 4.34. The van der Waals surface area contributed by atoms with Crippen LogP contribution >= 0.6 is 24.0 Å². The van der Waals surface area contributed by atoms with Gasteiger partial charge in [-0.1, -0.05) is 43.5 Å². The monoisotopic (exact) mass is 457 g/mol. The molecule has 25 heavy (non-hydrogen) atoms. The van der Waals surface area contributed by atoms with Crippen molar-refractivity contribution in [2.75, 3.05) is 27.2 Å². The van der Waals surface area contributed by atoms with Crippen molar-refractivity contribution >= 4 is 29.9 Å². The summed E-state index contributed by atoms with van der Waals surface area (Å²) < 4.78 is 5.22. The van der Waals surface area contributed by atoms with Crippen LogP contribution in [-0.4, -0.2) is 38.1 Å². The summed E-state index contributed by atoms with van der Waals surface area (Å²) in [5, 5.41) is 3.55. The van der Waals surface area contributed by atoms with Crippen LogP contribution in [0.4, 0.5) is 0 Å². The molecule has 3 rings (SSSR count). The van der Waals surface area contributed by atoms with Gasteiger partial charge in [-0.3, -0.25) is 4.99 Å². The van der Waals surface area contributed by atoms with Crippen LogP contribution in [0.3, 0.4) is 0 Å². The van der Waals surface area contributed by atoms with Gasteiger partial charge in [-0.05, 0) is 35.8 Å². The normalized spacial score (nSPS) is 19.8. The Labute approximate surface area is 169 Å². The lowest BCUT2D eigenvalue weighted by Crippen LogP contribution is -2.41. The molecule has 1 aliphatic carbocycles. The summed E-state index contributed by atoms with van der Waals surface area (Å²) in [6, 6.07) is 8.57. The van der Waals surface area contributed by atoms with Gasteiger partial charge in [0.2, 0.25) is 0 Å². The lowest BCUT2D eigenvalue weighted by atomic mass is 9.73. The first-order valence-electron chi connectivity index (χ1n) is 9.27. The third-order valence-corrected chi connectivity index (χ3v) is 5.62. The molecule has 0 radical (unpaired) electrons. The van der Waals surface area contributed by atoms with Gasteiger partial charge in [-0.15, -0.1) is 24.0 Å². The number of nitrogens with one attached hydrogen (secondary N) is 1. The van der Waals surface area contributed by atoms with E-state index in [0.29, 0.717) is 12.0 Å². The Kier molecular flexibility index (Phi) is 8.00. The second-order valence-corrected chi connectivity index (χ2v) is 7.39. The Morgan fingerprint density at radius 3 is 2.68 bits per heavy atom. The van der Waals surface area contributed by atoms with Crippen molar-refractivity contribution in [1.82, 2.24) is 10.2 Å². The number of aliphatic imine (C=N–C) groups is 1. The van der Waals surface area contributed by atoms with E-state index in [2.05, 4.69) is 39.5 Å². The minimum Gasteiger partial charge on any atom is -0.380 e. The van der Waals surface area contributed by atoms with Gasteiger partial charge >= 0.3 is 0 Å². The molecule has 0 atom stereocenters. The summed E-state index contributed by atoms with van der Waals surface area (Å²) in [6.45, 7) is 3.80. The SMILES string of the molecule is CN=C(NCc1cccc(COC)c1)N1CCC2(CCCCC2)C1.I. The number of halogens is 1. The molecule has 1 saturated carbocycles. The fourth-order valence-corrected chi connectivity index (χ4v) is 4.34. The van der Waals surface area contributed by atoms with E-state index in [4.69, 9.17) is 4.74 Å². The van der Waals surface area contributed by atoms with Gasteiger partial charge in [-0.25, -0.2) is 0 Å². The molecule has 140 valence electrons. The van der Waals surface area contributed by atoms with Crippen molar-refractivity contribution in [1.29, 1.82) is 0 Å². The average molecular weight is 457 g/mol. The van der Waals surface area contributed by atoms with Gasteiger partial charge in [0.15, 0.2) is 5.96 Å². The number of hydrogen-bond acceptors (Lipinski definition) is 2. The Hall–Kier alpha value is -0.820. The molecule has 0 unspecified atom stereocenters. The van der Waals surface area contributed by atoms with Crippen molar-refractivity contribution in [3.63, 3.8) is 0 Å². The van der Waals surface area contributed by atoms with Gasteiger partial charge in [0.05, 0.1) is 6.61 Å². The predicted octanol–water partition coefficient (Wildman–Crippen LogP) is 4.18. The molecule has 0 amide bonds. The number of guanidine groups is 1. The largest absolute Gasteiger partial charge is 0.380 e. The molecule has 4 nitrogen and oxygen atoms in total. The highest BCUT2D eigenvalue weighted by atomic mass is 127. The third kappa shape index (κ3) is 5.33. The van der Waals surface area contributed by atoms with Crippen LogP contribution in [0.5, 0.6) is 0 Å². The Bertz CT molecular complexity index is 570. The minimum atomic E-state index is 0. The van der Waals surface area contributed by atoms with Crippen molar-refractivity contribution in [3.8, 4) is 0 Å². The lowest BCUT2D eigenvalue weighted by Gasteiger charge is -2.33. The van der Waals surface area contributed by atoms with Gasteiger partial charge in [0, 0.05) is 33.8 Å². The number of ether oxygens (including phenoxy) is 1. The standard InChI is InChI=1S/C20H31N3O.HI/c1-21-19(22-14-17-7-6-8-18(13-17)15-24-2)23-12-11-20(16-23)9-4-3-5-10-20;/h6-8,13H,3-5,9-12,14-16H2,1-2H3,(H,21,22);1H. The van der Waals surface area contributed by atoms with Gasteiger partial charge in [-0.2, -0.15) is 0 Å². The van der Waals surface area contributed by atoms with Crippen molar-refractivity contribution < 1.29 is 4.74 Å². The van der Waals surface area contributed by atoms with Crippen LogP contribution in [0.15, 0.2) is 29.3 Å². The smallest absolute Gasteiger partial charge is 0.193 e. The van der Waals surface area contributed by atoms with Crippen LogP contribution in [0.25, 0.3) is 0 Å². The quantitative estimate of drug-likeness (QED) is 0.419. The molecule has 1 heterocycles. The van der Waals surface area contributed by atoms with Crippen molar-refractivity contribution in [2.45, 2.75) is 51.7 Å². The zero-order chi connectivity index (χ0) is 16.8. The number of nitrogens with zero attached hydrogens (tertiary/aromatic N) is 2. The van der Waals surface area contributed by atoms with E-state index in [1.54, 1.807) is 7.11 Å². The Balaban J connectivity index is 0.00000225. The van der Waals surface area contributed by atoms with Crippen LogP contribution in [-0.2, 0) is 17.9 Å². The highest BCUT2D eigenvalue weighted by molar-refractivity contribution is 14.0. The molecule has 1 aromatic carbocycles. The van der Waals surface area contributed by atoms with Crippen molar-refractivity contribution in [3.05, 3.63) is 35.4 Å². The van der Waals surface area contributed by atoms with E-state index in [1.165, 1.54) is 56.2 Å². The zero-order valence-electron chi connectivity index (χ0n) is 15.6. The zero-order valence-corrected chi connectivity index (χ0v) is 17.9. The highest BCUT2D eigenvalue weighted by Crippen LogP contribution is 2.43. The van der Waals surface area contributed by atoms with E-state index in [-0.39, 0.29) is 24.0 Å². The van der Waals surface area contributed by atoms with Crippen LogP contribution < -0.4 is 5.32 Å².